The first-order valence-corrected chi connectivity index (χ1v) is 5.38. The lowest BCUT2D eigenvalue weighted by Gasteiger charge is -2.19. The highest BCUT2D eigenvalue weighted by atomic mass is 16.3. The fraction of sp³-hybridized carbons (Fsp3) is 0.833. The molecule has 0 rings (SSSR count). The maximum Gasteiger partial charge on any atom is 0.0799 e. The molecule has 0 aromatic heterocycles. The van der Waals surface area contributed by atoms with Gasteiger partial charge in [0, 0.05) is 0 Å². The van der Waals surface area contributed by atoms with Crippen LogP contribution in [0, 0.1) is 5.92 Å². The molecule has 0 radical (unpaired) electrons. The van der Waals surface area contributed by atoms with Crippen molar-refractivity contribution in [3.05, 3.63) is 12.2 Å². The highest BCUT2D eigenvalue weighted by Crippen LogP contribution is 2.17. The van der Waals surface area contributed by atoms with E-state index in [-0.39, 0.29) is 0 Å². The third kappa shape index (κ3) is 8.04. The van der Waals surface area contributed by atoms with Crippen molar-refractivity contribution in [2.45, 2.75) is 59.0 Å². The Morgan fingerprint density at radius 2 is 2.00 bits per heavy atom. The second kappa shape index (κ2) is 6.20. The summed E-state index contributed by atoms with van der Waals surface area (Å²) in [5, 5.41) is 9.90. The van der Waals surface area contributed by atoms with E-state index in [2.05, 4.69) is 26.8 Å². The maximum absolute atomic E-state index is 9.90. The van der Waals surface area contributed by atoms with E-state index in [9.17, 15) is 5.11 Å². The number of rotatable bonds is 6. The highest BCUT2D eigenvalue weighted by Gasteiger charge is 2.15. The molecule has 1 heteroatoms. The first kappa shape index (κ1) is 12.7. The molecule has 0 aromatic rings. The molecule has 78 valence electrons. The lowest BCUT2D eigenvalue weighted by molar-refractivity contribution is 0.0948. The van der Waals surface area contributed by atoms with Crippen molar-refractivity contribution in [2.75, 3.05) is 0 Å². The standard InChI is InChI=1S/C12H24O/c1-5-6-7-9-12(4,13)10-8-11(2)3/h7,9,11,13H,5-6,8,10H2,1-4H3/b9-7+. The molecule has 1 N–H and O–H groups in total. The minimum absolute atomic E-state index is 0.598. The van der Waals surface area contributed by atoms with Crippen LogP contribution in [0.1, 0.15) is 53.4 Å². The van der Waals surface area contributed by atoms with Crippen LogP contribution in [0.3, 0.4) is 0 Å². The maximum atomic E-state index is 9.90. The van der Waals surface area contributed by atoms with Crippen LogP contribution in [-0.2, 0) is 0 Å². The molecule has 0 heterocycles. The zero-order valence-corrected chi connectivity index (χ0v) is 9.51. The van der Waals surface area contributed by atoms with Gasteiger partial charge in [-0.1, -0.05) is 39.3 Å². The number of aliphatic hydroxyl groups is 1. The number of unbranched alkanes of at least 4 members (excludes halogenated alkanes) is 1. The number of hydrogen-bond donors (Lipinski definition) is 1. The van der Waals surface area contributed by atoms with Crippen LogP contribution < -0.4 is 0 Å². The predicted octanol–water partition coefficient (Wildman–Crippen LogP) is 3.53. The normalized spacial score (nSPS) is 16.8. The topological polar surface area (TPSA) is 20.2 Å². The van der Waals surface area contributed by atoms with Crippen molar-refractivity contribution in [3.63, 3.8) is 0 Å². The number of allylic oxidation sites excluding steroid dienone is 1. The zero-order chi connectivity index (χ0) is 10.3. The van der Waals surface area contributed by atoms with Crippen LogP contribution in [0.4, 0.5) is 0 Å². The summed E-state index contributed by atoms with van der Waals surface area (Å²) >= 11 is 0. The van der Waals surface area contributed by atoms with Crippen molar-refractivity contribution in [3.8, 4) is 0 Å². The zero-order valence-electron chi connectivity index (χ0n) is 9.51. The molecule has 0 aromatic carbocycles. The summed E-state index contributed by atoms with van der Waals surface area (Å²) in [5.74, 6) is 0.672. The van der Waals surface area contributed by atoms with Crippen molar-refractivity contribution in [1.29, 1.82) is 0 Å². The van der Waals surface area contributed by atoms with Crippen molar-refractivity contribution >= 4 is 0 Å². The smallest absolute Gasteiger partial charge is 0.0799 e. The Hall–Kier alpha value is -0.300. The summed E-state index contributed by atoms with van der Waals surface area (Å²) in [4.78, 5) is 0. The molecule has 0 spiro atoms. The SMILES string of the molecule is CCC/C=C/C(C)(O)CCC(C)C. The molecule has 1 nitrogen and oxygen atoms in total. The highest BCUT2D eigenvalue weighted by molar-refractivity contribution is 4.97. The van der Waals surface area contributed by atoms with Crippen LogP contribution >= 0.6 is 0 Å². The fourth-order valence-corrected chi connectivity index (χ4v) is 1.17. The van der Waals surface area contributed by atoms with Crippen LogP contribution in [-0.4, -0.2) is 10.7 Å². The van der Waals surface area contributed by atoms with Gasteiger partial charge in [0.1, 0.15) is 0 Å². The Bertz CT molecular complexity index is 145. The van der Waals surface area contributed by atoms with Crippen LogP contribution in [0.15, 0.2) is 12.2 Å². The summed E-state index contributed by atoms with van der Waals surface area (Å²) in [6.45, 7) is 8.41. The Morgan fingerprint density at radius 3 is 2.46 bits per heavy atom. The van der Waals surface area contributed by atoms with E-state index >= 15 is 0 Å². The molecule has 0 amide bonds. The molecular formula is C12H24O. The Balaban J connectivity index is 3.78. The van der Waals surface area contributed by atoms with Crippen molar-refractivity contribution in [2.24, 2.45) is 5.92 Å². The van der Waals surface area contributed by atoms with E-state index in [1.165, 1.54) is 0 Å². The molecule has 1 unspecified atom stereocenters. The van der Waals surface area contributed by atoms with E-state index in [0.29, 0.717) is 5.92 Å². The quantitative estimate of drug-likeness (QED) is 0.626. The van der Waals surface area contributed by atoms with E-state index in [1.54, 1.807) is 0 Å². The monoisotopic (exact) mass is 184 g/mol. The average molecular weight is 184 g/mol. The molecule has 0 bridgehead atoms. The van der Waals surface area contributed by atoms with Gasteiger partial charge in [0.15, 0.2) is 0 Å². The lowest BCUT2D eigenvalue weighted by Crippen LogP contribution is -2.21. The van der Waals surface area contributed by atoms with Gasteiger partial charge in [-0.25, -0.2) is 0 Å². The lowest BCUT2D eigenvalue weighted by atomic mass is 9.94. The van der Waals surface area contributed by atoms with Gasteiger partial charge < -0.3 is 5.11 Å². The molecule has 13 heavy (non-hydrogen) atoms. The van der Waals surface area contributed by atoms with Gasteiger partial charge >= 0.3 is 0 Å². The summed E-state index contributed by atoms with van der Waals surface area (Å²) in [5.41, 5.74) is -0.598. The molecule has 0 aliphatic rings. The summed E-state index contributed by atoms with van der Waals surface area (Å²) in [7, 11) is 0. The van der Waals surface area contributed by atoms with Gasteiger partial charge in [-0.2, -0.15) is 0 Å². The minimum atomic E-state index is -0.598. The first-order valence-electron chi connectivity index (χ1n) is 5.38. The predicted molar refractivity (Wildman–Crippen MR) is 58.7 cm³/mol. The second-order valence-electron chi connectivity index (χ2n) is 4.48. The van der Waals surface area contributed by atoms with Crippen molar-refractivity contribution in [1.82, 2.24) is 0 Å². The Morgan fingerprint density at radius 1 is 1.38 bits per heavy atom. The summed E-state index contributed by atoms with van der Waals surface area (Å²) in [6, 6.07) is 0. The van der Waals surface area contributed by atoms with E-state index in [1.807, 2.05) is 13.0 Å². The second-order valence-corrected chi connectivity index (χ2v) is 4.48. The molecule has 1 atom stereocenters. The first-order chi connectivity index (χ1) is 5.98. The van der Waals surface area contributed by atoms with E-state index in [4.69, 9.17) is 0 Å². The van der Waals surface area contributed by atoms with Gasteiger partial charge in [-0.05, 0) is 32.1 Å². The molecule has 0 saturated carbocycles. The van der Waals surface area contributed by atoms with E-state index in [0.717, 1.165) is 25.7 Å². The van der Waals surface area contributed by atoms with Gasteiger partial charge in [0.05, 0.1) is 5.60 Å². The fourth-order valence-electron chi connectivity index (χ4n) is 1.17. The molecule has 0 fully saturated rings. The Kier molecular flexibility index (Phi) is 6.06. The van der Waals surface area contributed by atoms with Crippen LogP contribution in [0.5, 0.6) is 0 Å². The van der Waals surface area contributed by atoms with Crippen LogP contribution in [0.2, 0.25) is 0 Å². The van der Waals surface area contributed by atoms with Gasteiger partial charge in [-0.15, -0.1) is 0 Å². The summed E-state index contributed by atoms with van der Waals surface area (Å²) < 4.78 is 0. The average Bonchev–Trinajstić information content (AvgIpc) is 2.02. The third-order valence-electron chi connectivity index (χ3n) is 2.16. The van der Waals surface area contributed by atoms with E-state index < -0.39 is 5.60 Å². The van der Waals surface area contributed by atoms with Crippen molar-refractivity contribution < 1.29 is 5.11 Å². The van der Waals surface area contributed by atoms with Gasteiger partial charge in [0.25, 0.3) is 0 Å². The molecule has 0 aliphatic carbocycles. The van der Waals surface area contributed by atoms with Gasteiger partial charge in [-0.3, -0.25) is 0 Å². The Labute approximate surface area is 82.9 Å². The minimum Gasteiger partial charge on any atom is -0.386 e. The molecular weight excluding hydrogens is 160 g/mol. The van der Waals surface area contributed by atoms with Crippen LogP contribution in [0.25, 0.3) is 0 Å². The molecule has 0 aliphatic heterocycles. The molecule has 0 saturated heterocycles. The largest absolute Gasteiger partial charge is 0.386 e. The van der Waals surface area contributed by atoms with Gasteiger partial charge in [0.2, 0.25) is 0 Å². The number of hydrogen-bond acceptors (Lipinski definition) is 1. The summed E-state index contributed by atoms with van der Waals surface area (Å²) in [6.07, 6.45) is 8.20. The third-order valence-corrected chi connectivity index (χ3v) is 2.16.